The molecule has 2 N–H and O–H groups in total. The van der Waals surface area contributed by atoms with Gasteiger partial charge in [0.2, 0.25) is 5.88 Å². The van der Waals surface area contributed by atoms with Gasteiger partial charge in [0.25, 0.3) is 0 Å². The zero-order chi connectivity index (χ0) is 25.3. The molecule has 0 saturated carbocycles. The average molecular weight is 533 g/mol. The van der Waals surface area contributed by atoms with E-state index >= 15 is 0 Å². The molecule has 0 aliphatic carbocycles. The molecule has 35 heavy (non-hydrogen) atoms. The molecule has 0 spiro atoms. The summed E-state index contributed by atoms with van der Waals surface area (Å²) in [7, 11) is 1.57. The van der Waals surface area contributed by atoms with Crippen molar-refractivity contribution in [1.82, 2.24) is 0 Å². The SMILES string of the molecule is COc1ccc(Br)cc1C1C(C#N)=C(N)Oc2cc(OC(=O)c3ccc(C(C)(C)C)cc3)ccc21. The fourth-order valence-corrected chi connectivity index (χ4v) is 4.40. The Kier molecular flexibility index (Phi) is 6.60. The minimum atomic E-state index is -0.508. The maximum atomic E-state index is 12.8. The molecule has 0 saturated heterocycles. The Morgan fingerprint density at radius 2 is 1.77 bits per heavy atom. The molecule has 0 amide bonds. The van der Waals surface area contributed by atoms with E-state index in [-0.39, 0.29) is 16.9 Å². The van der Waals surface area contributed by atoms with Gasteiger partial charge < -0.3 is 19.9 Å². The van der Waals surface area contributed by atoms with Crippen LogP contribution >= 0.6 is 15.9 Å². The van der Waals surface area contributed by atoms with E-state index in [1.54, 1.807) is 37.4 Å². The van der Waals surface area contributed by atoms with Gasteiger partial charge in [0.15, 0.2) is 0 Å². The van der Waals surface area contributed by atoms with Gasteiger partial charge >= 0.3 is 5.97 Å². The Hall–Kier alpha value is -3.76. The van der Waals surface area contributed by atoms with Gasteiger partial charge in [-0.1, -0.05) is 54.9 Å². The maximum absolute atomic E-state index is 12.8. The second kappa shape index (κ2) is 9.47. The second-order valence-corrected chi connectivity index (χ2v) is 10.1. The number of nitrogens with two attached hydrogens (primary N) is 1. The molecule has 0 radical (unpaired) electrons. The number of methoxy groups -OCH3 is 1. The lowest BCUT2D eigenvalue weighted by atomic mass is 9.83. The van der Waals surface area contributed by atoms with E-state index in [4.69, 9.17) is 19.9 Å². The number of nitriles is 1. The van der Waals surface area contributed by atoms with Crippen molar-refractivity contribution in [2.45, 2.75) is 32.1 Å². The highest BCUT2D eigenvalue weighted by molar-refractivity contribution is 9.10. The Balaban J connectivity index is 1.67. The van der Waals surface area contributed by atoms with Crippen LogP contribution in [0.4, 0.5) is 0 Å². The normalized spacial score (nSPS) is 15.0. The van der Waals surface area contributed by atoms with Gasteiger partial charge in [0, 0.05) is 21.7 Å². The Labute approximate surface area is 213 Å². The molecule has 6 nitrogen and oxygen atoms in total. The predicted molar refractivity (Wildman–Crippen MR) is 137 cm³/mol. The van der Waals surface area contributed by atoms with Crippen LogP contribution in [0.3, 0.4) is 0 Å². The molecular weight excluding hydrogens is 508 g/mol. The van der Waals surface area contributed by atoms with E-state index < -0.39 is 11.9 Å². The smallest absolute Gasteiger partial charge is 0.343 e. The lowest BCUT2D eigenvalue weighted by Gasteiger charge is -2.27. The second-order valence-electron chi connectivity index (χ2n) is 9.23. The van der Waals surface area contributed by atoms with Crippen LogP contribution < -0.4 is 19.9 Å². The summed E-state index contributed by atoms with van der Waals surface area (Å²) >= 11 is 3.49. The number of allylic oxidation sites excluding steroid dienone is 1. The van der Waals surface area contributed by atoms with Crippen LogP contribution in [-0.4, -0.2) is 13.1 Å². The lowest BCUT2D eigenvalue weighted by Crippen LogP contribution is -2.21. The number of ether oxygens (including phenoxy) is 3. The third-order valence-electron chi connectivity index (χ3n) is 5.89. The van der Waals surface area contributed by atoms with Crippen molar-refractivity contribution in [3.63, 3.8) is 0 Å². The van der Waals surface area contributed by atoms with E-state index in [1.165, 1.54) is 0 Å². The van der Waals surface area contributed by atoms with Crippen LogP contribution in [0, 0.1) is 11.3 Å². The van der Waals surface area contributed by atoms with Gasteiger partial charge in [-0.15, -0.1) is 0 Å². The largest absolute Gasteiger partial charge is 0.496 e. The Morgan fingerprint density at radius 1 is 1.06 bits per heavy atom. The van der Waals surface area contributed by atoms with Crippen LogP contribution in [0.2, 0.25) is 0 Å². The first-order chi connectivity index (χ1) is 16.6. The fraction of sp³-hybridized carbons (Fsp3) is 0.214. The number of halogens is 1. The first-order valence-electron chi connectivity index (χ1n) is 11.0. The maximum Gasteiger partial charge on any atom is 0.343 e. The highest BCUT2D eigenvalue weighted by atomic mass is 79.9. The molecule has 1 heterocycles. The summed E-state index contributed by atoms with van der Waals surface area (Å²) in [4.78, 5) is 12.8. The van der Waals surface area contributed by atoms with E-state index in [0.29, 0.717) is 28.4 Å². The minimum absolute atomic E-state index is 0.00623. The van der Waals surface area contributed by atoms with Crippen molar-refractivity contribution in [2.75, 3.05) is 7.11 Å². The van der Waals surface area contributed by atoms with E-state index in [0.717, 1.165) is 15.6 Å². The standard InChI is InChI=1S/C28H25BrN2O4/c1-28(2,3)17-7-5-16(6-8-17)27(32)34-19-10-11-20-24(14-19)35-26(31)22(15-30)25(20)21-13-18(29)9-12-23(21)33-4/h5-14,25H,31H2,1-4H3. The third-order valence-corrected chi connectivity index (χ3v) is 6.38. The number of rotatable bonds is 4. The van der Waals surface area contributed by atoms with Gasteiger partial charge in [-0.05, 0) is 47.4 Å². The van der Waals surface area contributed by atoms with Crippen molar-refractivity contribution in [3.05, 3.63) is 98.8 Å². The highest BCUT2D eigenvalue weighted by Crippen LogP contribution is 2.46. The molecule has 1 aliphatic heterocycles. The molecular formula is C28H25BrN2O4. The number of hydrogen-bond acceptors (Lipinski definition) is 6. The number of nitrogens with zero attached hydrogens (tertiary/aromatic N) is 1. The van der Waals surface area contributed by atoms with E-state index in [9.17, 15) is 10.1 Å². The first-order valence-corrected chi connectivity index (χ1v) is 11.8. The topological polar surface area (TPSA) is 94.6 Å². The van der Waals surface area contributed by atoms with Crippen LogP contribution in [0.5, 0.6) is 17.2 Å². The monoisotopic (exact) mass is 532 g/mol. The molecule has 3 aromatic carbocycles. The van der Waals surface area contributed by atoms with Crippen LogP contribution in [0.1, 0.15) is 53.7 Å². The molecule has 0 fully saturated rings. The molecule has 0 bridgehead atoms. The van der Waals surface area contributed by atoms with Crippen molar-refractivity contribution >= 4 is 21.9 Å². The number of esters is 1. The van der Waals surface area contributed by atoms with Crippen molar-refractivity contribution in [3.8, 4) is 23.3 Å². The zero-order valence-corrected chi connectivity index (χ0v) is 21.5. The van der Waals surface area contributed by atoms with E-state index in [2.05, 4.69) is 42.8 Å². The summed E-state index contributed by atoms with van der Waals surface area (Å²) in [5.41, 5.74) is 9.43. The number of fused-ring (bicyclic) bond motifs is 1. The van der Waals surface area contributed by atoms with Gasteiger partial charge in [0.1, 0.15) is 28.9 Å². The molecule has 1 atom stereocenters. The van der Waals surface area contributed by atoms with Gasteiger partial charge in [-0.3, -0.25) is 0 Å². The molecule has 178 valence electrons. The summed E-state index contributed by atoms with van der Waals surface area (Å²) in [6.45, 7) is 6.34. The third kappa shape index (κ3) is 4.89. The highest BCUT2D eigenvalue weighted by Gasteiger charge is 2.33. The van der Waals surface area contributed by atoms with Crippen molar-refractivity contribution in [2.24, 2.45) is 5.73 Å². The average Bonchev–Trinajstić information content (AvgIpc) is 2.82. The summed E-state index contributed by atoms with van der Waals surface area (Å²) in [5, 5.41) is 9.83. The lowest BCUT2D eigenvalue weighted by molar-refractivity contribution is 0.0734. The molecule has 0 aromatic heterocycles. The summed E-state index contributed by atoms with van der Waals surface area (Å²) < 4.78 is 17.8. The molecule has 1 aliphatic rings. The van der Waals surface area contributed by atoms with Crippen molar-refractivity contribution < 1.29 is 19.0 Å². The summed E-state index contributed by atoms with van der Waals surface area (Å²) in [5.74, 6) is 0.330. The van der Waals surface area contributed by atoms with Gasteiger partial charge in [-0.25, -0.2) is 4.79 Å². The molecule has 4 rings (SSSR count). The fourth-order valence-electron chi connectivity index (χ4n) is 4.02. The van der Waals surface area contributed by atoms with E-state index in [1.807, 2.05) is 30.3 Å². The van der Waals surface area contributed by atoms with Crippen LogP contribution in [0.25, 0.3) is 0 Å². The number of hydrogen-bond donors (Lipinski definition) is 1. The predicted octanol–water partition coefficient (Wildman–Crippen LogP) is 6.19. The molecule has 1 unspecified atom stereocenters. The number of carbonyl (C=O) groups is 1. The Morgan fingerprint density at radius 3 is 2.40 bits per heavy atom. The van der Waals surface area contributed by atoms with Crippen LogP contribution in [-0.2, 0) is 5.41 Å². The Bertz CT molecular complexity index is 1370. The quantitative estimate of drug-likeness (QED) is 0.317. The molecule has 3 aromatic rings. The van der Waals surface area contributed by atoms with Gasteiger partial charge in [-0.2, -0.15) is 5.26 Å². The number of carbonyl (C=O) groups excluding carboxylic acids is 1. The summed E-state index contributed by atoms with van der Waals surface area (Å²) in [6.07, 6.45) is 0. The summed E-state index contributed by atoms with van der Waals surface area (Å²) in [6, 6.07) is 20.2. The first kappa shape index (κ1) is 24.4. The number of benzene rings is 3. The molecule has 7 heteroatoms. The van der Waals surface area contributed by atoms with Crippen molar-refractivity contribution in [1.29, 1.82) is 5.26 Å². The zero-order valence-electron chi connectivity index (χ0n) is 19.9. The minimum Gasteiger partial charge on any atom is -0.496 e. The van der Waals surface area contributed by atoms with Crippen LogP contribution in [0.15, 0.2) is 76.6 Å². The van der Waals surface area contributed by atoms with Gasteiger partial charge in [0.05, 0.1) is 18.6 Å².